The van der Waals surface area contributed by atoms with Gasteiger partial charge in [0.05, 0.1) is 11.4 Å². The molecule has 0 radical (unpaired) electrons. The van der Waals surface area contributed by atoms with Gasteiger partial charge in [0.25, 0.3) is 0 Å². The van der Waals surface area contributed by atoms with Crippen LogP contribution in [0, 0.1) is 0 Å². The summed E-state index contributed by atoms with van der Waals surface area (Å²) >= 11 is 6.01. The third-order valence-electron chi connectivity index (χ3n) is 3.56. The van der Waals surface area contributed by atoms with Crippen molar-refractivity contribution in [1.82, 2.24) is 9.97 Å². The maximum Gasteiger partial charge on any atom is 0.141 e. The molecule has 2 heterocycles. The predicted octanol–water partition coefficient (Wildman–Crippen LogP) is 4.74. The Hall–Kier alpha value is -2.52. The number of pyridine rings is 1. The van der Waals surface area contributed by atoms with Crippen molar-refractivity contribution in [2.24, 2.45) is 0 Å². The number of halogens is 1. The zero-order valence-electron chi connectivity index (χ0n) is 11.0. The van der Waals surface area contributed by atoms with Crippen LogP contribution in [0.4, 0.5) is 0 Å². The number of aromatic amines is 1. The summed E-state index contributed by atoms with van der Waals surface area (Å²) in [5, 5.41) is 12.6. The van der Waals surface area contributed by atoms with Gasteiger partial charge in [-0.1, -0.05) is 29.8 Å². The van der Waals surface area contributed by atoms with E-state index in [9.17, 15) is 5.11 Å². The summed E-state index contributed by atoms with van der Waals surface area (Å²) in [4.78, 5) is 7.87. The quantitative estimate of drug-likeness (QED) is 0.532. The second-order valence-corrected chi connectivity index (χ2v) is 5.40. The number of aromatic hydroxyl groups is 1. The number of benzene rings is 2. The van der Waals surface area contributed by atoms with Crippen molar-refractivity contribution < 1.29 is 5.11 Å². The largest absolute Gasteiger partial charge is 0.506 e. The Bertz CT molecular complexity index is 975. The first-order chi connectivity index (χ1) is 10.2. The summed E-state index contributed by atoms with van der Waals surface area (Å²) in [5.41, 5.74) is 3.30. The van der Waals surface area contributed by atoms with Crippen LogP contribution in [0.25, 0.3) is 33.2 Å². The van der Waals surface area contributed by atoms with E-state index < -0.39 is 0 Å². The van der Waals surface area contributed by atoms with E-state index in [1.54, 1.807) is 6.07 Å². The van der Waals surface area contributed by atoms with Gasteiger partial charge < -0.3 is 10.1 Å². The molecule has 0 aliphatic rings. The first-order valence-corrected chi connectivity index (χ1v) is 6.96. The van der Waals surface area contributed by atoms with Crippen LogP contribution in [-0.4, -0.2) is 15.1 Å². The lowest BCUT2D eigenvalue weighted by molar-refractivity contribution is 0.480. The fourth-order valence-electron chi connectivity index (χ4n) is 2.52. The van der Waals surface area contributed by atoms with E-state index in [-0.39, 0.29) is 5.75 Å². The molecule has 3 nitrogen and oxygen atoms in total. The van der Waals surface area contributed by atoms with E-state index in [1.165, 1.54) is 0 Å². The van der Waals surface area contributed by atoms with E-state index >= 15 is 0 Å². The van der Waals surface area contributed by atoms with Crippen molar-refractivity contribution >= 4 is 33.4 Å². The average molecular weight is 295 g/mol. The standard InChI is InChI=1S/C17H11ClN2O/c18-12-5-7-13-11(8-12)9-15(19-13)14-6-4-10-2-1-3-16(21)17(10)20-14/h1-9,19,21H. The van der Waals surface area contributed by atoms with Gasteiger partial charge in [-0.2, -0.15) is 0 Å². The number of nitrogens with one attached hydrogen (secondary N) is 1. The third kappa shape index (κ3) is 2.03. The molecule has 0 atom stereocenters. The van der Waals surface area contributed by atoms with Gasteiger partial charge >= 0.3 is 0 Å². The van der Waals surface area contributed by atoms with Gasteiger partial charge in [-0.25, -0.2) is 4.98 Å². The highest BCUT2D eigenvalue weighted by atomic mass is 35.5. The molecule has 4 aromatic rings. The smallest absolute Gasteiger partial charge is 0.141 e. The van der Waals surface area contributed by atoms with Gasteiger partial charge in [0.15, 0.2) is 0 Å². The molecule has 0 amide bonds. The zero-order valence-corrected chi connectivity index (χ0v) is 11.7. The van der Waals surface area contributed by atoms with Crippen LogP contribution in [0.2, 0.25) is 5.02 Å². The molecule has 0 aliphatic carbocycles. The molecule has 2 aromatic carbocycles. The first-order valence-electron chi connectivity index (χ1n) is 6.58. The SMILES string of the molecule is Oc1cccc2ccc(-c3cc4cc(Cl)ccc4[nH]3)nc12. The Labute approximate surface area is 125 Å². The lowest BCUT2D eigenvalue weighted by atomic mass is 10.1. The molecule has 0 saturated carbocycles. The molecular weight excluding hydrogens is 284 g/mol. The van der Waals surface area contributed by atoms with Crippen molar-refractivity contribution in [3.8, 4) is 17.1 Å². The molecule has 2 aromatic heterocycles. The molecule has 0 fully saturated rings. The van der Waals surface area contributed by atoms with Crippen molar-refractivity contribution in [3.05, 3.63) is 59.6 Å². The summed E-state index contributed by atoms with van der Waals surface area (Å²) in [6.07, 6.45) is 0. The summed E-state index contributed by atoms with van der Waals surface area (Å²) in [7, 11) is 0. The maximum absolute atomic E-state index is 9.93. The van der Waals surface area contributed by atoms with Gasteiger partial charge in [0.1, 0.15) is 11.3 Å². The lowest BCUT2D eigenvalue weighted by Gasteiger charge is -2.02. The monoisotopic (exact) mass is 294 g/mol. The van der Waals surface area contributed by atoms with Crippen molar-refractivity contribution in [2.45, 2.75) is 0 Å². The van der Waals surface area contributed by atoms with Crippen molar-refractivity contribution in [1.29, 1.82) is 0 Å². The third-order valence-corrected chi connectivity index (χ3v) is 3.79. The number of nitrogens with zero attached hydrogens (tertiary/aromatic N) is 1. The van der Waals surface area contributed by atoms with E-state index in [2.05, 4.69) is 9.97 Å². The number of phenolic OH excluding ortho intramolecular Hbond substituents is 1. The molecule has 0 unspecified atom stereocenters. The van der Waals surface area contributed by atoms with Crippen LogP contribution in [0.3, 0.4) is 0 Å². The zero-order chi connectivity index (χ0) is 14.4. The maximum atomic E-state index is 9.93. The topological polar surface area (TPSA) is 48.9 Å². The number of H-pyrrole nitrogens is 1. The van der Waals surface area contributed by atoms with Gasteiger partial charge in [-0.15, -0.1) is 0 Å². The summed E-state index contributed by atoms with van der Waals surface area (Å²) < 4.78 is 0. The second-order valence-electron chi connectivity index (χ2n) is 4.96. The van der Waals surface area contributed by atoms with E-state index in [0.717, 1.165) is 27.7 Å². The molecule has 0 aliphatic heterocycles. The average Bonchev–Trinajstić information content (AvgIpc) is 2.90. The predicted molar refractivity (Wildman–Crippen MR) is 85.7 cm³/mol. The number of rotatable bonds is 1. The van der Waals surface area contributed by atoms with E-state index in [1.807, 2.05) is 48.5 Å². The van der Waals surface area contributed by atoms with E-state index in [4.69, 9.17) is 11.6 Å². The summed E-state index contributed by atoms with van der Waals surface area (Å²) in [5.74, 6) is 0.188. The van der Waals surface area contributed by atoms with Crippen LogP contribution >= 0.6 is 11.6 Å². The fraction of sp³-hybridized carbons (Fsp3) is 0. The lowest BCUT2D eigenvalue weighted by Crippen LogP contribution is -1.85. The number of aromatic nitrogens is 2. The van der Waals surface area contributed by atoms with Crippen LogP contribution < -0.4 is 0 Å². The molecule has 4 heteroatoms. The van der Waals surface area contributed by atoms with Gasteiger partial charge in [-0.3, -0.25) is 0 Å². The second kappa shape index (κ2) is 4.50. The Morgan fingerprint density at radius 3 is 2.76 bits per heavy atom. The van der Waals surface area contributed by atoms with E-state index in [0.29, 0.717) is 10.5 Å². The van der Waals surface area contributed by atoms with Crippen LogP contribution in [0.5, 0.6) is 5.75 Å². The Kier molecular flexibility index (Phi) is 2.62. The molecule has 102 valence electrons. The molecule has 0 bridgehead atoms. The highest BCUT2D eigenvalue weighted by Crippen LogP contribution is 2.28. The highest BCUT2D eigenvalue weighted by Gasteiger charge is 2.08. The molecular formula is C17H11ClN2O. The minimum atomic E-state index is 0.188. The minimum absolute atomic E-state index is 0.188. The number of fused-ring (bicyclic) bond motifs is 2. The molecule has 2 N–H and O–H groups in total. The number of hydrogen-bond donors (Lipinski definition) is 2. The fourth-order valence-corrected chi connectivity index (χ4v) is 2.70. The van der Waals surface area contributed by atoms with Gasteiger partial charge in [-0.05, 0) is 36.4 Å². The molecule has 21 heavy (non-hydrogen) atoms. The first kappa shape index (κ1) is 12.2. The highest BCUT2D eigenvalue weighted by molar-refractivity contribution is 6.31. The molecule has 4 rings (SSSR count). The number of hydrogen-bond acceptors (Lipinski definition) is 2. The van der Waals surface area contributed by atoms with Crippen molar-refractivity contribution in [2.75, 3.05) is 0 Å². The number of para-hydroxylation sites is 1. The number of phenols is 1. The van der Waals surface area contributed by atoms with Crippen molar-refractivity contribution in [3.63, 3.8) is 0 Å². The van der Waals surface area contributed by atoms with Crippen LogP contribution in [0.1, 0.15) is 0 Å². The Morgan fingerprint density at radius 2 is 1.86 bits per heavy atom. The molecule has 0 saturated heterocycles. The Balaban J connectivity index is 1.93. The Morgan fingerprint density at radius 1 is 0.952 bits per heavy atom. The summed E-state index contributed by atoms with van der Waals surface area (Å²) in [6, 6.07) is 17.0. The van der Waals surface area contributed by atoms with Crippen LogP contribution in [0.15, 0.2) is 54.6 Å². The normalized spacial score (nSPS) is 11.3. The van der Waals surface area contributed by atoms with Gasteiger partial charge in [0, 0.05) is 21.3 Å². The summed E-state index contributed by atoms with van der Waals surface area (Å²) in [6.45, 7) is 0. The minimum Gasteiger partial charge on any atom is -0.506 e. The molecule has 0 spiro atoms. The van der Waals surface area contributed by atoms with Gasteiger partial charge in [0.2, 0.25) is 0 Å². The van der Waals surface area contributed by atoms with Crippen LogP contribution in [-0.2, 0) is 0 Å².